The minimum atomic E-state index is -0.118. The molecule has 162 valence electrons. The summed E-state index contributed by atoms with van der Waals surface area (Å²) in [4.78, 5) is 38.5. The topological polar surface area (TPSA) is 80.1 Å². The Hall–Kier alpha value is -2.74. The zero-order valence-corrected chi connectivity index (χ0v) is 18.6. The van der Waals surface area contributed by atoms with E-state index in [1.54, 1.807) is 15.9 Å². The van der Waals surface area contributed by atoms with Crippen molar-refractivity contribution in [2.45, 2.75) is 52.0 Å². The molecule has 0 bridgehead atoms. The molecule has 1 unspecified atom stereocenters. The first kappa shape index (κ1) is 20.2. The minimum Gasteiger partial charge on any atom is -0.352 e. The summed E-state index contributed by atoms with van der Waals surface area (Å²) in [6.07, 6.45) is 5.55. The fourth-order valence-corrected chi connectivity index (χ4v) is 5.71. The summed E-state index contributed by atoms with van der Waals surface area (Å²) in [6, 6.07) is 7.64. The number of amides is 1. The summed E-state index contributed by atoms with van der Waals surface area (Å²) in [5.74, 6) is 1.06. The van der Waals surface area contributed by atoms with Gasteiger partial charge in [-0.1, -0.05) is 19.1 Å². The second kappa shape index (κ2) is 8.42. The molecule has 0 saturated carbocycles. The molecule has 1 atom stereocenters. The maximum absolute atomic E-state index is 13.2. The molecule has 1 amide bonds. The lowest BCUT2D eigenvalue weighted by Crippen LogP contribution is -2.32. The maximum Gasteiger partial charge on any atom is 0.294 e. The molecule has 2 aromatic heterocycles. The van der Waals surface area contributed by atoms with Crippen molar-refractivity contribution in [1.82, 2.24) is 14.5 Å². The SMILES string of the molecule is CC1CCc2nc(NC(=O)CCn3c(=O)c(N4CCCC4)nc4ccccc43)sc2C1. The second-order valence-corrected chi connectivity index (χ2v) is 9.69. The summed E-state index contributed by atoms with van der Waals surface area (Å²) in [7, 11) is 0. The van der Waals surface area contributed by atoms with E-state index in [0.717, 1.165) is 61.9 Å². The van der Waals surface area contributed by atoms with E-state index in [4.69, 9.17) is 0 Å². The Morgan fingerprint density at radius 3 is 2.87 bits per heavy atom. The smallest absolute Gasteiger partial charge is 0.294 e. The molecule has 2 aliphatic rings. The van der Waals surface area contributed by atoms with Gasteiger partial charge in [-0.05, 0) is 50.2 Å². The standard InChI is InChI=1S/C23H27N5O2S/c1-15-8-9-17-19(14-15)31-23(25-17)26-20(29)10-13-28-18-7-3-2-6-16(18)24-21(22(28)30)27-11-4-5-12-27/h2-3,6-7,15H,4-5,8-14H2,1H3,(H,25,26,29). The fourth-order valence-electron chi connectivity index (χ4n) is 4.52. The molecule has 1 aromatic carbocycles. The van der Waals surface area contributed by atoms with Gasteiger partial charge in [0, 0.05) is 30.9 Å². The Morgan fingerprint density at radius 1 is 1.23 bits per heavy atom. The number of hydrogen-bond acceptors (Lipinski definition) is 6. The van der Waals surface area contributed by atoms with Gasteiger partial charge in [-0.25, -0.2) is 9.97 Å². The lowest BCUT2D eigenvalue weighted by Gasteiger charge is -2.18. The molecule has 1 fully saturated rings. The normalized spacial score (nSPS) is 18.4. The van der Waals surface area contributed by atoms with E-state index in [-0.39, 0.29) is 17.9 Å². The first-order valence-electron chi connectivity index (χ1n) is 11.1. The molecule has 8 heteroatoms. The number of hydrogen-bond donors (Lipinski definition) is 1. The predicted molar refractivity (Wildman–Crippen MR) is 124 cm³/mol. The van der Waals surface area contributed by atoms with E-state index in [1.165, 1.54) is 4.88 Å². The molecule has 31 heavy (non-hydrogen) atoms. The summed E-state index contributed by atoms with van der Waals surface area (Å²) >= 11 is 1.59. The Bertz CT molecular complexity index is 1180. The minimum absolute atomic E-state index is 0.116. The number of nitrogens with zero attached hydrogens (tertiary/aromatic N) is 4. The number of anilines is 2. The van der Waals surface area contributed by atoms with Crippen molar-refractivity contribution in [3.63, 3.8) is 0 Å². The number of para-hydroxylation sites is 2. The number of rotatable bonds is 5. The Kier molecular flexibility index (Phi) is 5.48. The van der Waals surface area contributed by atoms with E-state index in [0.29, 0.717) is 23.4 Å². The molecule has 1 N–H and O–H groups in total. The van der Waals surface area contributed by atoms with Crippen LogP contribution in [0.2, 0.25) is 0 Å². The first-order valence-corrected chi connectivity index (χ1v) is 11.9. The quantitative estimate of drug-likeness (QED) is 0.660. The Morgan fingerprint density at radius 2 is 2.03 bits per heavy atom. The largest absolute Gasteiger partial charge is 0.352 e. The predicted octanol–water partition coefficient (Wildman–Crippen LogP) is 3.61. The van der Waals surface area contributed by atoms with Gasteiger partial charge >= 0.3 is 0 Å². The molecule has 7 nitrogen and oxygen atoms in total. The Labute approximate surface area is 185 Å². The van der Waals surface area contributed by atoms with Gasteiger partial charge < -0.3 is 14.8 Å². The van der Waals surface area contributed by atoms with Crippen LogP contribution in [0.15, 0.2) is 29.1 Å². The number of nitrogens with one attached hydrogen (secondary N) is 1. The van der Waals surface area contributed by atoms with Crippen LogP contribution < -0.4 is 15.8 Å². The average Bonchev–Trinajstić information content (AvgIpc) is 3.42. The van der Waals surface area contributed by atoms with Crippen LogP contribution in [0.5, 0.6) is 0 Å². The van der Waals surface area contributed by atoms with Crippen LogP contribution in [0.3, 0.4) is 0 Å². The highest BCUT2D eigenvalue weighted by molar-refractivity contribution is 7.15. The van der Waals surface area contributed by atoms with Crippen molar-refractivity contribution in [3.05, 3.63) is 45.2 Å². The number of aromatic nitrogens is 3. The molecule has 1 aliphatic carbocycles. The molecule has 0 radical (unpaired) electrons. The van der Waals surface area contributed by atoms with Gasteiger partial charge in [0.1, 0.15) is 0 Å². The number of aryl methyl sites for hydroxylation is 2. The van der Waals surface area contributed by atoms with Crippen molar-refractivity contribution in [1.29, 1.82) is 0 Å². The van der Waals surface area contributed by atoms with E-state index >= 15 is 0 Å². The van der Waals surface area contributed by atoms with Crippen molar-refractivity contribution < 1.29 is 4.79 Å². The van der Waals surface area contributed by atoms with Gasteiger partial charge in [0.2, 0.25) is 5.91 Å². The zero-order valence-electron chi connectivity index (χ0n) is 17.8. The van der Waals surface area contributed by atoms with Gasteiger partial charge in [-0.15, -0.1) is 11.3 Å². The van der Waals surface area contributed by atoms with Crippen LogP contribution in [0.4, 0.5) is 10.9 Å². The molecular formula is C23H27N5O2S. The molecule has 1 saturated heterocycles. The number of carbonyl (C=O) groups is 1. The number of carbonyl (C=O) groups excluding carboxylic acids is 1. The summed E-state index contributed by atoms with van der Waals surface area (Å²) in [6.45, 7) is 4.29. The third-order valence-corrected chi connectivity index (χ3v) is 7.27. The van der Waals surface area contributed by atoms with Crippen LogP contribution in [-0.4, -0.2) is 33.5 Å². The van der Waals surface area contributed by atoms with Crippen LogP contribution in [0, 0.1) is 5.92 Å². The van der Waals surface area contributed by atoms with Crippen molar-refractivity contribution in [2.24, 2.45) is 5.92 Å². The van der Waals surface area contributed by atoms with E-state index < -0.39 is 0 Å². The van der Waals surface area contributed by atoms with E-state index in [2.05, 4.69) is 27.1 Å². The lowest BCUT2D eigenvalue weighted by molar-refractivity contribution is -0.116. The molecule has 0 spiro atoms. The summed E-state index contributed by atoms with van der Waals surface area (Å²) in [5.41, 5.74) is 2.56. The van der Waals surface area contributed by atoms with Crippen LogP contribution >= 0.6 is 11.3 Å². The van der Waals surface area contributed by atoms with Gasteiger partial charge in [-0.2, -0.15) is 0 Å². The highest BCUT2D eigenvalue weighted by atomic mass is 32.1. The highest BCUT2D eigenvalue weighted by Crippen LogP contribution is 2.32. The summed E-state index contributed by atoms with van der Waals surface area (Å²) < 4.78 is 1.70. The van der Waals surface area contributed by atoms with Crippen LogP contribution in [0.25, 0.3) is 11.0 Å². The van der Waals surface area contributed by atoms with Gasteiger partial charge in [0.25, 0.3) is 5.56 Å². The maximum atomic E-state index is 13.2. The third-order valence-electron chi connectivity index (χ3n) is 6.24. The molecule has 5 rings (SSSR count). The van der Waals surface area contributed by atoms with Gasteiger partial charge in [0.15, 0.2) is 10.9 Å². The molecular weight excluding hydrogens is 410 g/mol. The van der Waals surface area contributed by atoms with Gasteiger partial charge in [0.05, 0.1) is 16.7 Å². The highest BCUT2D eigenvalue weighted by Gasteiger charge is 2.22. The fraction of sp³-hybridized carbons (Fsp3) is 0.478. The van der Waals surface area contributed by atoms with Crippen molar-refractivity contribution >= 4 is 39.2 Å². The van der Waals surface area contributed by atoms with Gasteiger partial charge in [-0.3, -0.25) is 9.59 Å². The second-order valence-electron chi connectivity index (χ2n) is 8.61. The van der Waals surface area contributed by atoms with E-state index in [1.807, 2.05) is 24.3 Å². The average molecular weight is 438 g/mol. The number of benzene rings is 1. The van der Waals surface area contributed by atoms with Crippen LogP contribution in [-0.2, 0) is 24.2 Å². The van der Waals surface area contributed by atoms with Crippen molar-refractivity contribution in [3.8, 4) is 0 Å². The van der Waals surface area contributed by atoms with E-state index in [9.17, 15) is 9.59 Å². The lowest BCUT2D eigenvalue weighted by atomic mass is 9.93. The Balaban J connectivity index is 1.35. The van der Waals surface area contributed by atoms with Crippen molar-refractivity contribution in [2.75, 3.05) is 23.3 Å². The zero-order chi connectivity index (χ0) is 21.4. The summed E-state index contributed by atoms with van der Waals surface area (Å²) in [5, 5.41) is 3.62. The number of thiazole rings is 1. The third kappa shape index (κ3) is 4.08. The first-order chi connectivity index (χ1) is 15.1. The monoisotopic (exact) mass is 437 g/mol. The number of fused-ring (bicyclic) bond motifs is 2. The molecule has 3 aromatic rings. The molecule has 1 aliphatic heterocycles. The van der Waals surface area contributed by atoms with Crippen LogP contribution in [0.1, 0.15) is 43.2 Å². The molecule has 3 heterocycles.